The minimum atomic E-state index is 0.452. The van der Waals surface area contributed by atoms with Crippen molar-refractivity contribution in [3.63, 3.8) is 0 Å². The van der Waals surface area contributed by atoms with Gasteiger partial charge >= 0.3 is 0 Å². The van der Waals surface area contributed by atoms with Crippen molar-refractivity contribution in [2.24, 2.45) is 5.92 Å². The number of hydrogen-bond acceptors (Lipinski definition) is 3. The number of pyridine rings is 1. The number of rotatable bonds is 5. The fourth-order valence-corrected chi connectivity index (χ4v) is 3.04. The average molecular weight is 316 g/mol. The predicted octanol–water partition coefficient (Wildman–Crippen LogP) is 3.60. The van der Waals surface area contributed by atoms with Gasteiger partial charge in [-0.2, -0.15) is 0 Å². The first-order valence-corrected chi connectivity index (χ1v) is 8.07. The number of aromatic nitrogens is 1. The van der Waals surface area contributed by atoms with Gasteiger partial charge in [-0.25, -0.2) is 4.98 Å². The second-order valence-electron chi connectivity index (χ2n) is 5.80. The molecular formula is C15H23Cl2N3. The second kappa shape index (κ2) is 7.60. The van der Waals surface area contributed by atoms with Crippen LogP contribution in [0.2, 0.25) is 10.3 Å². The van der Waals surface area contributed by atoms with Crippen LogP contribution in [0.4, 0.5) is 0 Å². The van der Waals surface area contributed by atoms with E-state index in [1.165, 1.54) is 12.8 Å². The fourth-order valence-electron chi connectivity index (χ4n) is 2.63. The van der Waals surface area contributed by atoms with Gasteiger partial charge in [0.1, 0.15) is 10.3 Å². The molecule has 1 saturated heterocycles. The van der Waals surface area contributed by atoms with E-state index in [2.05, 4.69) is 29.0 Å². The zero-order valence-corrected chi connectivity index (χ0v) is 13.7. The van der Waals surface area contributed by atoms with Gasteiger partial charge in [0.05, 0.1) is 0 Å². The normalized spacial score (nSPS) is 17.1. The fraction of sp³-hybridized carbons (Fsp3) is 0.667. The van der Waals surface area contributed by atoms with Crippen LogP contribution in [0.1, 0.15) is 32.3 Å². The maximum atomic E-state index is 6.19. The van der Waals surface area contributed by atoms with Crippen LogP contribution in [0.5, 0.6) is 0 Å². The zero-order valence-electron chi connectivity index (χ0n) is 12.2. The molecule has 0 spiro atoms. The van der Waals surface area contributed by atoms with E-state index in [0.29, 0.717) is 16.3 Å². The third-order valence-corrected chi connectivity index (χ3v) is 4.48. The van der Waals surface area contributed by atoms with Crippen LogP contribution in [-0.2, 0) is 6.54 Å². The van der Waals surface area contributed by atoms with Crippen LogP contribution in [0.25, 0.3) is 0 Å². The lowest BCUT2D eigenvalue weighted by Gasteiger charge is -2.32. The molecule has 0 unspecified atom stereocenters. The SMILES string of the molecule is CC(C)N(Cc1ccc(Cl)nc1Cl)CC1CCNCC1. The van der Waals surface area contributed by atoms with Crippen LogP contribution in [0.3, 0.4) is 0 Å². The third kappa shape index (κ3) is 4.59. The first kappa shape index (κ1) is 16.0. The highest BCUT2D eigenvalue weighted by atomic mass is 35.5. The van der Waals surface area contributed by atoms with Crippen LogP contribution >= 0.6 is 23.2 Å². The Hall–Kier alpha value is -0.350. The molecule has 1 N–H and O–H groups in total. The molecule has 5 heteroatoms. The van der Waals surface area contributed by atoms with Crippen LogP contribution < -0.4 is 5.32 Å². The van der Waals surface area contributed by atoms with Gasteiger partial charge in [0.15, 0.2) is 0 Å². The highest BCUT2D eigenvalue weighted by Crippen LogP contribution is 2.21. The van der Waals surface area contributed by atoms with Crippen LogP contribution in [0.15, 0.2) is 12.1 Å². The van der Waals surface area contributed by atoms with Gasteiger partial charge in [-0.15, -0.1) is 0 Å². The lowest BCUT2D eigenvalue weighted by atomic mass is 9.97. The molecule has 0 amide bonds. The van der Waals surface area contributed by atoms with Crippen molar-refractivity contribution in [3.8, 4) is 0 Å². The van der Waals surface area contributed by atoms with E-state index in [1.807, 2.05) is 12.1 Å². The lowest BCUT2D eigenvalue weighted by molar-refractivity contribution is 0.161. The molecule has 0 atom stereocenters. The van der Waals surface area contributed by atoms with Crippen molar-refractivity contribution in [1.82, 2.24) is 15.2 Å². The smallest absolute Gasteiger partial charge is 0.135 e. The van der Waals surface area contributed by atoms with Crippen LogP contribution in [-0.4, -0.2) is 35.6 Å². The molecule has 20 heavy (non-hydrogen) atoms. The quantitative estimate of drug-likeness (QED) is 0.841. The summed E-state index contributed by atoms with van der Waals surface area (Å²) in [5.41, 5.74) is 1.05. The van der Waals surface area contributed by atoms with E-state index in [1.54, 1.807) is 0 Å². The largest absolute Gasteiger partial charge is 0.317 e. The van der Waals surface area contributed by atoms with E-state index < -0.39 is 0 Å². The molecule has 3 nitrogen and oxygen atoms in total. The molecule has 1 aromatic rings. The summed E-state index contributed by atoms with van der Waals surface area (Å²) in [5.74, 6) is 0.776. The van der Waals surface area contributed by atoms with Gasteiger partial charge in [-0.3, -0.25) is 4.90 Å². The molecule has 2 heterocycles. The maximum Gasteiger partial charge on any atom is 0.135 e. The summed E-state index contributed by atoms with van der Waals surface area (Å²) in [6, 6.07) is 4.29. The second-order valence-corrected chi connectivity index (χ2v) is 6.55. The Balaban J connectivity index is 2.01. The Morgan fingerprint density at radius 2 is 2.00 bits per heavy atom. The van der Waals surface area contributed by atoms with Crippen molar-refractivity contribution in [3.05, 3.63) is 28.0 Å². The van der Waals surface area contributed by atoms with Gasteiger partial charge < -0.3 is 5.32 Å². The Bertz CT molecular complexity index is 431. The van der Waals surface area contributed by atoms with E-state index in [-0.39, 0.29) is 0 Å². The molecular weight excluding hydrogens is 293 g/mol. The van der Waals surface area contributed by atoms with Crippen molar-refractivity contribution in [2.45, 2.75) is 39.3 Å². The topological polar surface area (TPSA) is 28.2 Å². The van der Waals surface area contributed by atoms with Crippen molar-refractivity contribution in [1.29, 1.82) is 0 Å². The van der Waals surface area contributed by atoms with Crippen LogP contribution in [0, 0.1) is 5.92 Å². The van der Waals surface area contributed by atoms with Gasteiger partial charge in [0, 0.05) is 24.7 Å². The van der Waals surface area contributed by atoms with E-state index >= 15 is 0 Å². The molecule has 2 rings (SSSR count). The minimum Gasteiger partial charge on any atom is -0.317 e. The lowest BCUT2D eigenvalue weighted by Crippen LogP contribution is -2.39. The zero-order chi connectivity index (χ0) is 14.5. The molecule has 0 bridgehead atoms. The molecule has 0 aliphatic carbocycles. The van der Waals surface area contributed by atoms with Crippen molar-refractivity contribution >= 4 is 23.2 Å². The standard InChI is InChI=1S/C15H23Cl2N3/c1-11(2)20(9-12-5-7-18-8-6-12)10-13-3-4-14(16)19-15(13)17/h3-4,11-12,18H,5-10H2,1-2H3. The summed E-state index contributed by atoms with van der Waals surface area (Å²) in [7, 11) is 0. The maximum absolute atomic E-state index is 6.19. The molecule has 1 fully saturated rings. The average Bonchev–Trinajstić information content (AvgIpc) is 2.42. The molecule has 1 aromatic heterocycles. The molecule has 1 aliphatic heterocycles. The summed E-state index contributed by atoms with van der Waals surface area (Å²) in [6.45, 7) is 8.71. The number of halogens is 2. The van der Waals surface area contributed by atoms with Gasteiger partial charge in [-0.1, -0.05) is 29.3 Å². The van der Waals surface area contributed by atoms with E-state index in [9.17, 15) is 0 Å². The Morgan fingerprint density at radius 3 is 2.60 bits per heavy atom. The number of nitrogens with zero attached hydrogens (tertiary/aromatic N) is 2. The summed E-state index contributed by atoms with van der Waals surface area (Å²) >= 11 is 12.0. The first-order chi connectivity index (χ1) is 9.56. The molecule has 0 saturated carbocycles. The summed E-state index contributed by atoms with van der Waals surface area (Å²) in [6.07, 6.45) is 2.52. The predicted molar refractivity (Wildman–Crippen MR) is 85.4 cm³/mol. The summed E-state index contributed by atoms with van der Waals surface area (Å²) in [4.78, 5) is 6.61. The van der Waals surface area contributed by atoms with Gasteiger partial charge in [0.25, 0.3) is 0 Å². The minimum absolute atomic E-state index is 0.452. The Kier molecular flexibility index (Phi) is 6.09. The monoisotopic (exact) mass is 315 g/mol. The molecule has 0 aromatic carbocycles. The van der Waals surface area contributed by atoms with Crippen molar-refractivity contribution < 1.29 is 0 Å². The number of hydrogen-bond donors (Lipinski definition) is 1. The third-order valence-electron chi connectivity index (χ3n) is 3.95. The molecule has 1 aliphatic rings. The van der Waals surface area contributed by atoms with E-state index in [0.717, 1.165) is 37.7 Å². The molecule has 0 radical (unpaired) electrons. The van der Waals surface area contributed by atoms with E-state index in [4.69, 9.17) is 23.2 Å². The summed E-state index contributed by atoms with van der Waals surface area (Å²) in [5, 5.41) is 4.39. The number of piperidine rings is 1. The van der Waals surface area contributed by atoms with Gasteiger partial charge in [-0.05, 0) is 51.8 Å². The highest BCUT2D eigenvalue weighted by molar-refractivity contribution is 6.32. The van der Waals surface area contributed by atoms with Crippen molar-refractivity contribution in [2.75, 3.05) is 19.6 Å². The number of nitrogens with one attached hydrogen (secondary N) is 1. The summed E-state index contributed by atoms with van der Waals surface area (Å²) < 4.78 is 0. The molecule has 112 valence electrons. The van der Waals surface area contributed by atoms with Gasteiger partial charge in [0.2, 0.25) is 0 Å². The Morgan fingerprint density at radius 1 is 1.30 bits per heavy atom. The highest BCUT2D eigenvalue weighted by Gasteiger charge is 2.20. The Labute approximate surface area is 131 Å². The first-order valence-electron chi connectivity index (χ1n) is 7.32.